The predicted octanol–water partition coefficient (Wildman–Crippen LogP) is 3.09. The molecular weight excluding hydrogens is 609 g/mol. The largest absolute Gasteiger partial charge is 0.481 e. The second-order valence-corrected chi connectivity index (χ2v) is 14.2. The summed E-state index contributed by atoms with van der Waals surface area (Å²) in [5.41, 5.74) is 7.89. The summed E-state index contributed by atoms with van der Waals surface area (Å²) in [6.07, 6.45) is 7.20. The number of aromatic amines is 1. The van der Waals surface area contributed by atoms with Crippen LogP contribution in [-0.4, -0.2) is 61.3 Å². The van der Waals surface area contributed by atoms with Crippen LogP contribution in [0, 0.1) is 6.92 Å². The zero-order chi connectivity index (χ0) is 33.0. The van der Waals surface area contributed by atoms with Gasteiger partial charge in [-0.1, -0.05) is 5.57 Å². The highest BCUT2D eigenvalue weighted by Crippen LogP contribution is 2.42. The van der Waals surface area contributed by atoms with Crippen molar-refractivity contribution < 1.29 is 24.9 Å². The van der Waals surface area contributed by atoms with Gasteiger partial charge in [-0.3, -0.25) is 9.59 Å². The van der Waals surface area contributed by atoms with Gasteiger partial charge < -0.3 is 36.3 Å². The first-order valence-corrected chi connectivity index (χ1v) is 16.4. The number of nitrogens with one attached hydrogen (secondary N) is 4. The summed E-state index contributed by atoms with van der Waals surface area (Å²) in [5, 5.41) is 43.7. The zero-order valence-electron chi connectivity index (χ0n) is 26.6. The van der Waals surface area contributed by atoms with Crippen LogP contribution >= 0.6 is 25.3 Å². The molecule has 0 fully saturated rings. The Bertz CT molecular complexity index is 1740. The summed E-state index contributed by atoms with van der Waals surface area (Å²) in [7, 11) is 0. The van der Waals surface area contributed by atoms with Crippen molar-refractivity contribution in [3.05, 3.63) is 77.6 Å². The van der Waals surface area contributed by atoms with Crippen molar-refractivity contribution in [3.8, 4) is 0 Å². The molecule has 1 aromatic heterocycles. The maximum absolute atomic E-state index is 12.3. The number of rotatable bonds is 7. The maximum atomic E-state index is 12.3. The average molecular weight is 653 g/mol. The van der Waals surface area contributed by atoms with Crippen molar-refractivity contribution in [1.29, 1.82) is 0 Å². The highest BCUT2D eigenvalue weighted by molar-refractivity contribution is 7.84. The highest BCUT2D eigenvalue weighted by Gasteiger charge is 2.45. The van der Waals surface area contributed by atoms with Crippen molar-refractivity contribution in [2.75, 3.05) is 0 Å². The molecule has 5 heterocycles. The van der Waals surface area contributed by atoms with Crippen molar-refractivity contribution in [3.63, 3.8) is 0 Å². The number of hydrogen-bond acceptors (Lipinski definition) is 8. The Morgan fingerprint density at radius 1 is 1.02 bits per heavy atom. The van der Waals surface area contributed by atoms with Crippen LogP contribution in [0.15, 0.2) is 55.8 Å². The van der Waals surface area contributed by atoms with E-state index in [1.54, 1.807) is 0 Å². The Kier molecular flexibility index (Phi) is 9.30. The first-order valence-electron chi connectivity index (χ1n) is 15.4. The van der Waals surface area contributed by atoms with E-state index in [0.717, 1.165) is 71.6 Å². The van der Waals surface area contributed by atoms with Crippen molar-refractivity contribution >= 4 is 49.3 Å². The van der Waals surface area contributed by atoms with E-state index in [-0.39, 0.29) is 36.2 Å². The van der Waals surface area contributed by atoms with Crippen LogP contribution in [0.25, 0.3) is 12.2 Å². The summed E-state index contributed by atoms with van der Waals surface area (Å²) in [6.45, 7) is 12.0. The van der Waals surface area contributed by atoms with Gasteiger partial charge in [0.1, 0.15) is 0 Å². The molecule has 7 N–H and O–H groups in total. The molecule has 8 bridgehead atoms. The molecule has 9 nitrogen and oxygen atoms in total. The van der Waals surface area contributed by atoms with Gasteiger partial charge in [0.05, 0.1) is 12.1 Å². The van der Waals surface area contributed by atoms with Crippen LogP contribution in [0.1, 0.15) is 71.4 Å². The van der Waals surface area contributed by atoms with E-state index in [9.17, 15) is 24.9 Å². The van der Waals surface area contributed by atoms with Crippen LogP contribution in [-0.2, 0) is 16.0 Å². The lowest BCUT2D eigenvalue weighted by Crippen LogP contribution is -2.48. The minimum Gasteiger partial charge on any atom is -0.481 e. The maximum Gasteiger partial charge on any atom is 0.303 e. The minimum absolute atomic E-state index is 0.0112. The third-order valence-electron chi connectivity index (χ3n) is 9.71. The standard InChI is InChI=1S/C34H44N4O5S2/c1-15-21(7-9-30(39)40)26-13-27-22(8-10-31(41)42)16(2)24(36-27)12-28-32(19(5)44)17(3)29(37-28)14-34(43)33(20(6)45)18(4)25(38-34)11-23(15)35-26/h11-13,19,26,28-29,35-38,43-45H,7-10,14H2,1-6H3,(H,39,40)(H,41,42)/b23-11-,24-12-,27-13-,33-20+/t19-,26+,28+,29+,34+/m0/s1. The number of aliphatic carboxylic acids is 2. The molecule has 0 spiro atoms. The number of fused-ring (bicyclic) bond motifs is 8. The van der Waals surface area contributed by atoms with Gasteiger partial charge >= 0.3 is 11.9 Å². The van der Waals surface area contributed by atoms with Crippen LogP contribution in [0.2, 0.25) is 0 Å². The van der Waals surface area contributed by atoms with Gasteiger partial charge in [0, 0.05) is 58.2 Å². The van der Waals surface area contributed by atoms with Gasteiger partial charge in [0.15, 0.2) is 5.72 Å². The number of carboxylic acids is 2. The summed E-state index contributed by atoms with van der Waals surface area (Å²) < 4.78 is 0. The fourth-order valence-electron chi connectivity index (χ4n) is 7.47. The van der Waals surface area contributed by atoms with E-state index in [2.05, 4.69) is 33.9 Å². The number of H-pyrrole nitrogens is 1. The molecule has 242 valence electrons. The number of aliphatic hydroxyl groups is 1. The van der Waals surface area contributed by atoms with Gasteiger partial charge in [-0.2, -0.15) is 12.6 Å². The van der Waals surface area contributed by atoms with Gasteiger partial charge in [-0.05, 0) is 111 Å². The number of thiol groups is 2. The van der Waals surface area contributed by atoms with E-state index in [1.807, 2.05) is 46.8 Å². The molecule has 4 aliphatic rings. The topological polar surface area (TPSA) is 147 Å². The first kappa shape index (κ1) is 33.2. The molecular formula is C34H44N4O5S2. The third-order valence-corrected chi connectivity index (χ3v) is 10.2. The lowest BCUT2D eigenvalue weighted by atomic mass is 9.90. The molecule has 0 radical (unpaired) electrons. The van der Waals surface area contributed by atoms with Crippen molar-refractivity contribution in [2.45, 2.75) is 103 Å². The number of aromatic nitrogens is 1. The summed E-state index contributed by atoms with van der Waals surface area (Å²) >= 11 is 9.54. The number of hydrogen-bond donors (Lipinski definition) is 9. The van der Waals surface area contributed by atoms with Gasteiger partial charge in [0.25, 0.3) is 0 Å². The molecule has 0 amide bonds. The van der Waals surface area contributed by atoms with E-state index in [0.29, 0.717) is 19.3 Å². The Morgan fingerprint density at radius 3 is 2.29 bits per heavy atom. The molecule has 1 aromatic rings. The summed E-state index contributed by atoms with van der Waals surface area (Å²) in [5.74, 6) is -1.74. The molecule has 0 saturated heterocycles. The van der Waals surface area contributed by atoms with Gasteiger partial charge in [-0.15, -0.1) is 12.6 Å². The number of allylic oxidation sites excluding steroid dienone is 3. The van der Waals surface area contributed by atoms with E-state index < -0.39 is 17.7 Å². The molecule has 5 atom stereocenters. The fourth-order valence-corrected chi connectivity index (χ4v) is 8.19. The average Bonchev–Trinajstić information content (AvgIpc) is 3.57. The Labute approximate surface area is 274 Å². The SMILES string of the molecule is CC1=C(CCC(=O)O)[C@H]2/C=c3\[nH]/c(c(C)c3CCC(=O)O)=C\[C@H]3N[C@H](C[C@]4(O)NC(=C(C)C/4=C(/C)S)/C=C/1N2)C(C)=C3[C@H](C)S. The normalized spacial score (nSPS) is 30.6. The van der Waals surface area contributed by atoms with E-state index in [4.69, 9.17) is 25.3 Å². The molecule has 5 rings (SSSR count). The molecule has 0 saturated carbocycles. The highest BCUT2D eigenvalue weighted by atomic mass is 32.1. The van der Waals surface area contributed by atoms with Crippen molar-refractivity contribution in [2.24, 2.45) is 0 Å². The van der Waals surface area contributed by atoms with Crippen LogP contribution in [0.3, 0.4) is 0 Å². The lowest BCUT2D eigenvalue weighted by molar-refractivity contribution is -0.138. The van der Waals surface area contributed by atoms with Gasteiger partial charge in [0.2, 0.25) is 0 Å². The fraction of sp³-hybridized carbons (Fsp3) is 0.471. The summed E-state index contributed by atoms with van der Waals surface area (Å²) in [4.78, 5) is 27.5. The number of carboxylic acid groups (broad SMARTS) is 2. The molecule has 45 heavy (non-hydrogen) atoms. The quantitative estimate of drug-likeness (QED) is 0.161. The Hall–Kier alpha value is -3.12. The molecule has 11 heteroatoms. The van der Waals surface area contributed by atoms with Gasteiger partial charge in [-0.25, -0.2) is 0 Å². The summed E-state index contributed by atoms with van der Waals surface area (Å²) in [6, 6.07) is -0.639. The Balaban J connectivity index is 1.78. The molecule has 0 unspecified atom stereocenters. The molecule has 0 aliphatic carbocycles. The van der Waals surface area contributed by atoms with Crippen LogP contribution in [0.5, 0.6) is 0 Å². The zero-order valence-corrected chi connectivity index (χ0v) is 28.4. The Morgan fingerprint density at radius 2 is 1.67 bits per heavy atom. The van der Waals surface area contributed by atoms with E-state index >= 15 is 0 Å². The smallest absolute Gasteiger partial charge is 0.303 e. The predicted molar refractivity (Wildman–Crippen MR) is 183 cm³/mol. The van der Waals surface area contributed by atoms with Crippen LogP contribution < -0.4 is 26.6 Å². The lowest BCUT2D eigenvalue weighted by Gasteiger charge is -2.31. The second kappa shape index (κ2) is 12.6. The third kappa shape index (κ3) is 6.32. The van der Waals surface area contributed by atoms with E-state index in [1.165, 1.54) is 0 Å². The number of carbonyl (C=O) groups is 2. The molecule has 0 aromatic carbocycles. The molecule has 4 aliphatic heterocycles. The minimum atomic E-state index is -1.38. The van der Waals surface area contributed by atoms with Crippen LogP contribution in [0.4, 0.5) is 0 Å². The van der Waals surface area contributed by atoms with Crippen molar-refractivity contribution in [1.82, 2.24) is 20.9 Å². The monoisotopic (exact) mass is 652 g/mol. The first-order chi connectivity index (χ1) is 21.1. The second-order valence-electron chi connectivity index (χ2n) is 12.7.